The number of carbonyl (C=O) groups excluding carboxylic acids is 2. The summed E-state index contributed by atoms with van der Waals surface area (Å²) in [6, 6.07) is 7.32. The maximum absolute atomic E-state index is 11.9. The Morgan fingerprint density at radius 2 is 2.08 bits per heavy atom. The van der Waals surface area contributed by atoms with E-state index in [-0.39, 0.29) is 24.1 Å². The average molecular weight is 413 g/mol. The van der Waals surface area contributed by atoms with Crippen molar-refractivity contribution >= 4 is 39.1 Å². The number of nitrogens with zero attached hydrogens (tertiary/aromatic N) is 1. The SMILES string of the molecule is Cc1csc(=O)n1CC(=O)OCC(=O)N[C@H](C)c1ccccc1Br. The predicted molar refractivity (Wildman–Crippen MR) is 95.0 cm³/mol. The number of aromatic nitrogens is 1. The summed E-state index contributed by atoms with van der Waals surface area (Å²) in [6.45, 7) is 3.00. The number of hydrogen-bond acceptors (Lipinski definition) is 5. The monoisotopic (exact) mass is 412 g/mol. The quantitative estimate of drug-likeness (QED) is 0.738. The minimum Gasteiger partial charge on any atom is -0.454 e. The van der Waals surface area contributed by atoms with Gasteiger partial charge in [-0.25, -0.2) is 0 Å². The Morgan fingerprint density at radius 3 is 2.71 bits per heavy atom. The fourth-order valence-corrected chi connectivity index (χ4v) is 3.47. The maximum atomic E-state index is 11.9. The van der Waals surface area contributed by atoms with Crippen molar-refractivity contribution in [2.75, 3.05) is 6.61 Å². The predicted octanol–water partition coefficient (Wildman–Crippen LogP) is 2.40. The third-order valence-corrected chi connectivity index (χ3v) is 4.98. The summed E-state index contributed by atoms with van der Waals surface area (Å²) in [5.41, 5.74) is 1.62. The number of aryl methyl sites for hydroxylation is 1. The van der Waals surface area contributed by atoms with Crippen LogP contribution < -0.4 is 10.2 Å². The molecule has 0 unspecified atom stereocenters. The smallest absolute Gasteiger partial charge is 0.326 e. The van der Waals surface area contributed by atoms with E-state index in [1.807, 2.05) is 31.2 Å². The fourth-order valence-electron chi connectivity index (χ4n) is 2.10. The summed E-state index contributed by atoms with van der Waals surface area (Å²) in [5.74, 6) is -1.02. The van der Waals surface area contributed by atoms with Gasteiger partial charge in [0, 0.05) is 15.5 Å². The highest BCUT2D eigenvalue weighted by Crippen LogP contribution is 2.22. The van der Waals surface area contributed by atoms with Crippen molar-refractivity contribution in [2.45, 2.75) is 26.4 Å². The summed E-state index contributed by atoms with van der Waals surface area (Å²) in [4.78, 5) is 35.0. The molecule has 0 radical (unpaired) electrons. The molecule has 0 aliphatic heterocycles. The molecule has 0 saturated heterocycles. The summed E-state index contributed by atoms with van der Waals surface area (Å²) >= 11 is 4.45. The van der Waals surface area contributed by atoms with E-state index in [9.17, 15) is 14.4 Å². The van der Waals surface area contributed by atoms with E-state index in [1.165, 1.54) is 4.57 Å². The molecule has 8 heteroatoms. The van der Waals surface area contributed by atoms with Crippen LogP contribution in [0.3, 0.4) is 0 Å². The van der Waals surface area contributed by atoms with Crippen molar-refractivity contribution in [3.8, 4) is 0 Å². The second-order valence-electron chi connectivity index (χ2n) is 5.20. The van der Waals surface area contributed by atoms with Crippen LogP contribution >= 0.6 is 27.3 Å². The van der Waals surface area contributed by atoms with Crippen LogP contribution in [0, 0.1) is 6.92 Å². The van der Waals surface area contributed by atoms with E-state index in [2.05, 4.69) is 21.2 Å². The van der Waals surface area contributed by atoms with Crippen molar-refractivity contribution in [1.82, 2.24) is 9.88 Å². The molecule has 0 fully saturated rings. The van der Waals surface area contributed by atoms with E-state index in [1.54, 1.807) is 12.3 Å². The van der Waals surface area contributed by atoms with Crippen LogP contribution in [0.25, 0.3) is 0 Å². The van der Waals surface area contributed by atoms with Crippen LogP contribution in [-0.2, 0) is 20.9 Å². The Hall–Kier alpha value is -1.93. The van der Waals surface area contributed by atoms with Crippen molar-refractivity contribution in [1.29, 1.82) is 0 Å². The van der Waals surface area contributed by atoms with Crippen molar-refractivity contribution < 1.29 is 14.3 Å². The normalized spacial score (nSPS) is 11.8. The Bertz CT molecular complexity index is 799. The van der Waals surface area contributed by atoms with Crippen LogP contribution in [0.2, 0.25) is 0 Å². The van der Waals surface area contributed by atoms with Crippen LogP contribution in [0.1, 0.15) is 24.2 Å². The van der Waals surface area contributed by atoms with Crippen LogP contribution in [0.4, 0.5) is 0 Å². The highest BCUT2D eigenvalue weighted by Gasteiger charge is 2.15. The third kappa shape index (κ3) is 4.78. The average Bonchev–Trinajstić information content (AvgIpc) is 2.85. The first-order valence-corrected chi connectivity index (χ1v) is 8.90. The molecule has 1 N–H and O–H groups in total. The molecule has 1 heterocycles. The number of ether oxygens (including phenoxy) is 1. The number of nitrogens with one attached hydrogen (secondary N) is 1. The zero-order valence-electron chi connectivity index (χ0n) is 13.2. The van der Waals surface area contributed by atoms with Crippen molar-refractivity contribution in [3.05, 3.63) is 55.0 Å². The van der Waals surface area contributed by atoms with Gasteiger partial charge in [0.25, 0.3) is 5.91 Å². The molecular formula is C16H17BrN2O4S. The molecule has 0 aliphatic rings. The van der Waals surface area contributed by atoms with E-state index in [4.69, 9.17) is 4.74 Å². The zero-order chi connectivity index (χ0) is 17.7. The molecule has 128 valence electrons. The molecule has 2 aromatic rings. The number of carbonyl (C=O) groups is 2. The Labute approximate surface area is 151 Å². The Kier molecular flexibility index (Phi) is 6.33. The maximum Gasteiger partial charge on any atom is 0.326 e. The molecule has 1 aromatic carbocycles. The van der Waals surface area contributed by atoms with Gasteiger partial charge >= 0.3 is 10.8 Å². The van der Waals surface area contributed by atoms with Crippen molar-refractivity contribution in [2.24, 2.45) is 0 Å². The molecule has 0 spiro atoms. The number of benzene rings is 1. The zero-order valence-corrected chi connectivity index (χ0v) is 15.6. The van der Waals surface area contributed by atoms with Gasteiger partial charge in [-0.05, 0) is 25.5 Å². The highest BCUT2D eigenvalue weighted by atomic mass is 79.9. The molecule has 0 aliphatic carbocycles. The van der Waals surface area contributed by atoms with E-state index < -0.39 is 11.9 Å². The summed E-state index contributed by atoms with van der Waals surface area (Å²) < 4.78 is 7.14. The van der Waals surface area contributed by atoms with E-state index >= 15 is 0 Å². The van der Waals surface area contributed by atoms with Gasteiger partial charge in [0.2, 0.25) is 0 Å². The van der Waals surface area contributed by atoms with E-state index in [0.717, 1.165) is 21.4 Å². The lowest BCUT2D eigenvalue weighted by molar-refractivity contribution is -0.149. The molecule has 2 rings (SSSR count). The molecule has 1 amide bonds. The van der Waals surface area contributed by atoms with Crippen LogP contribution in [0.5, 0.6) is 0 Å². The standard InChI is InChI=1S/C16H17BrN2O4S/c1-10-9-24-16(22)19(10)7-15(21)23-8-14(20)18-11(2)12-5-3-4-6-13(12)17/h3-6,9,11H,7-8H2,1-2H3,(H,18,20)/t11-/m1/s1. The van der Waals surface area contributed by atoms with Gasteiger partial charge in [0.15, 0.2) is 6.61 Å². The van der Waals surface area contributed by atoms with Crippen LogP contribution in [0.15, 0.2) is 38.9 Å². The minimum atomic E-state index is -0.623. The summed E-state index contributed by atoms with van der Waals surface area (Å²) in [5, 5.41) is 4.43. The fraction of sp³-hybridized carbons (Fsp3) is 0.312. The van der Waals surface area contributed by atoms with Gasteiger partial charge in [0.1, 0.15) is 6.54 Å². The molecule has 1 aromatic heterocycles. The number of esters is 1. The van der Waals surface area contributed by atoms with Crippen molar-refractivity contribution in [3.63, 3.8) is 0 Å². The first kappa shape index (κ1) is 18.4. The number of hydrogen-bond donors (Lipinski definition) is 1. The lowest BCUT2D eigenvalue weighted by atomic mass is 10.1. The highest BCUT2D eigenvalue weighted by molar-refractivity contribution is 9.10. The first-order chi connectivity index (χ1) is 11.4. The lowest BCUT2D eigenvalue weighted by Gasteiger charge is -2.16. The van der Waals surface area contributed by atoms with Gasteiger partial charge in [-0.15, -0.1) is 0 Å². The van der Waals surface area contributed by atoms with Crippen LogP contribution in [-0.4, -0.2) is 23.1 Å². The lowest BCUT2D eigenvalue weighted by Crippen LogP contribution is -2.32. The molecule has 6 nitrogen and oxygen atoms in total. The van der Waals surface area contributed by atoms with Gasteiger partial charge in [-0.3, -0.25) is 19.0 Å². The molecule has 1 atom stereocenters. The molecule has 0 saturated carbocycles. The summed E-state index contributed by atoms with van der Waals surface area (Å²) in [7, 11) is 0. The number of thiazole rings is 1. The second-order valence-corrected chi connectivity index (χ2v) is 6.88. The Balaban J connectivity index is 1.84. The first-order valence-electron chi connectivity index (χ1n) is 7.23. The van der Waals surface area contributed by atoms with Gasteiger partial charge in [-0.1, -0.05) is 45.5 Å². The number of halogens is 1. The largest absolute Gasteiger partial charge is 0.454 e. The van der Waals surface area contributed by atoms with Gasteiger partial charge < -0.3 is 10.1 Å². The molecule has 24 heavy (non-hydrogen) atoms. The van der Waals surface area contributed by atoms with Gasteiger partial charge in [0.05, 0.1) is 6.04 Å². The minimum absolute atomic E-state index is 0.193. The third-order valence-electron chi connectivity index (χ3n) is 3.38. The Morgan fingerprint density at radius 1 is 1.38 bits per heavy atom. The topological polar surface area (TPSA) is 77.4 Å². The molecule has 0 bridgehead atoms. The van der Waals surface area contributed by atoms with Gasteiger partial charge in [-0.2, -0.15) is 0 Å². The second kappa shape index (κ2) is 8.25. The number of rotatable bonds is 6. The van der Waals surface area contributed by atoms with E-state index in [0.29, 0.717) is 5.69 Å². The molecular weight excluding hydrogens is 396 g/mol. The number of amides is 1. The summed E-state index contributed by atoms with van der Waals surface area (Å²) in [6.07, 6.45) is 0.